The fourth-order valence-electron chi connectivity index (χ4n) is 1.79. The largest absolute Gasteiger partial charge is 0.394 e. The first-order chi connectivity index (χ1) is 7.92. The van der Waals surface area contributed by atoms with Crippen LogP contribution in [0.5, 0.6) is 0 Å². The van der Waals surface area contributed by atoms with Gasteiger partial charge < -0.3 is 10.4 Å². The number of nitrogens with one attached hydrogen (secondary N) is 1. The topological polar surface area (TPSA) is 32.3 Å². The van der Waals surface area contributed by atoms with Crippen LogP contribution in [0, 0.1) is 11.6 Å². The number of hydrogen-bond acceptors (Lipinski definition) is 2. The maximum absolute atomic E-state index is 13.7. The maximum Gasteiger partial charge on any atom is 0.131 e. The van der Waals surface area contributed by atoms with Gasteiger partial charge in [0.2, 0.25) is 0 Å². The zero-order chi connectivity index (χ0) is 13.1. The molecule has 4 heteroatoms. The molecule has 1 rings (SSSR count). The zero-order valence-corrected chi connectivity index (χ0v) is 10.4. The highest BCUT2D eigenvalue weighted by Gasteiger charge is 2.29. The molecule has 0 aliphatic rings. The molecule has 96 valence electrons. The molecule has 0 bridgehead atoms. The average molecular weight is 243 g/mol. The molecule has 2 N–H and O–H groups in total. The second-order valence-electron chi connectivity index (χ2n) is 4.57. The molecule has 0 heterocycles. The van der Waals surface area contributed by atoms with Crippen LogP contribution in [0.15, 0.2) is 18.2 Å². The fourth-order valence-corrected chi connectivity index (χ4v) is 1.79. The quantitative estimate of drug-likeness (QED) is 0.833. The Balaban J connectivity index is 3.07. The van der Waals surface area contributed by atoms with E-state index >= 15 is 0 Å². The van der Waals surface area contributed by atoms with Crippen molar-refractivity contribution >= 4 is 0 Å². The predicted octanol–water partition coefficient (Wildman–Crippen LogP) is 2.56. The molecule has 0 spiro atoms. The van der Waals surface area contributed by atoms with E-state index in [1.807, 2.05) is 13.8 Å². The summed E-state index contributed by atoms with van der Waals surface area (Å²) in [6.45, 7) is 5.40. The lowest BCUT2D eigenvalue weighted by molar-refractivity contribution is 0.159. The van der Waals surface area contributed by atoms with Crippen molar-refractivity contribution in [1.29, 1.82) is 0 Å². The van der Waals surface area contributed by atoms with E-state index in [0.717, 1.165) is 12.5 Å². The lowest BCUT2D eigenvalue weighted by atomic mass is 9.91. The van der Waals surface area contributed by atoms with Crippen LogP contribution in [0.3, 0.4) is 0 Å². The van der Waals surface area contributed by atoms with Crippen LogP contribution in [0.4, 0.5) is 8.78 Å². The van der Waals surface area contributed by atoms with Gasteiger partial charge in [-0.2, -0.15) is 0 Å². The summed E-state index contributed by atoms with van der Waals surface area (Å²) in [6, 6.07) is 3.54. The summed E-state index contributed by atoms with van der Waals surface area (Å²) < 4.78 is 26.5. The molecule has 1 aromatic rings. The van der Waals surface area contributed by atoms with E-state index < -0.39 is 17.2 Å². The van der Waals surface area contributed by atoms with E-state index in [2.05, 4.69) is 5.32 Å². The lowest BCUT2D eigenvalue weighted by Crippen LogP contribution is -2.47. The van der Waals surface area contributed by atoms with Crippen LogP contribution in [0.1, 0.15) is 32.8 Å². The number of benzene rings is 1. The Morgan fingerprint density at radius 2 is 2.06 bits per heavy atom. The van der Waals surface area contributed by atoms with Gasteiger partial charge in [-0.3, -0.25) is 0 Å². The van der Waals surface area contributed by atoms with Gasteiger partial charge in [0.25, 0.3) is 0 Å². The number of hydrogen-bond donors (Lipinski definition) is 2. The summed E-state index contributed by atoms with van der Waals surface area (Å²) >= 11 is 0. The minimum Gasteiger partial charge on any atom is -0.394 e. The molecular formula is C13H19F2NO. The third-order valence-electron chi connectivity index (χ3n) is 3.02. The molecule has 0 saturated heterocycles. The van der Waals surface area contributed by atoms with Gasteiger partial charge in [-0.25, -0.2) is 8.78 Å². The van der Waals surface area contributed by atoms with Gasteiger partial charge in [-0.1, -0.05) is 13.0 Å². The van der Waals surface area contributed by atoms with E-state index in [9.17, 15) is 13.9 Å². The fraction of sp³-hybridized carbons (Fsp3) is 0.538. The molecule has 0 amide bonds. The highest BCUT2D eigenvalue weighted by atomic mass is 19.1. The van der Waals surface area contributed by atoms with Crippen molar-refractivity contribution in [2.24, 2.45) is 0 Å². The van der Waals surface area contributed by atoms with Crippen molar-refractivity contribution in [3.63, 3.8) is 0 Å². The van der Waals surface area contributed by atoms with Gasteiger partial charge in [0.05, 0.1) is 12.1 Å². The zero-order valence-electron chi connectivity index (χ0n) is 10.4. The minimum atomic E-state index is -0.896. The van der Waals surface area contributed by atoms with Crippen molar-refractivity contribution in [2.75, 3.05) is 6.61 Å². The average Bonchev–Trinajstić information content (AvgIpc) is 2.28. The van der Waals surface area contributed by atoms with Crippen LogP contribution >= 0.6 is 0 Å². The summed E-state index contributed by atoms with van der Waals surface area (Å²) in [4.78, 5) is 0. The van der Waals surface area contributed by atoms with E-state index in [-0.39, 0.29) is 18.2 Å². The number of rotatable bonds is 5. The summed E-state index contributed by atoms with van der Waals surface area (Å²) in [5, 5.41) is 12.6. The normalized spacial score (nSPS) is 16.6. The first-order valence-corrected chi connectivity index (χ1v) is 5.77. The summed E-state index contributed by atoms with van der Waals surface area (Å²) in [7, 11) is 0. The number of aliphatic hydroxyl groups is 1. The van der Waals surface area contributed by atoms with E-state index in [1.54, 1.807) is 6.92 Å². The first-order valence-electron chi connectivity index (χ1n) is 5.77. The van der Waals surface area contributed by atoms with Gasteiger partial charge in [-0.15, -0.1) is 0 Å². The summed E-state index contributed by atoms with van der Waals surface area (Å²) in [5.41, 5.74) is -0.616. The SMILES string of the molecule is CCC(C)NC(C)(CO)c1ccc(F)cc1F. The van der Waals surface area contributed by atoms with Gasteiger partial charge >= 0.3 is 0 Å². The highest BCUT2D eigenvalue weighted by molar-refractivity contribution is 5.26. The maximum atomic E-state index is 13.7. The molecule has 17 heavy (non-hydrogen) atoms. The van der Waals surface area contributed by atoms with Gasteiger partial charge in [0, 0.05) is 17.7 Å². The first kappa shape index (κ1) is 14.1. The van der Waals surface area contributed by atoms with Gasteiger partial charge in [0.15, 0.2) is 0 Å². The third-order valence-corrected chi connectivity index (χ3v) is 3.02. The van der Waals surface area contributed by atoms with Crippen LogP contribution in [0.2, 0.25) is 0 Å². The van der Waals surface area contributed by atoms with Crippen molar-refractivity contribution in [3.05, 3.63) is 35.4 Å². The Hall–Kier alpha value is -1.00. The lowest BCUT2D eigenvalue weighted by Gasteiger charge is -2.32. The molecule has 1 aromatic carbocycles. The minimum absolute atomic E-state index is 0.136. The molecule has 2 nitrogen and oxygen atoms in total. The van der Waals surface area contributed by atoms with Gasteiger partial charge in [0.1, 0.15) is 11.6 Å². The van der Waals surface area contributed by atoms with Crippen LogP contribution < -0.4 is 5.32 Å². The van der Waals surface area contributed by atoms with Crippen LogP contribution in [-0.4, -0.2) is 17.8 Å². The standard InChI is InChI=1S/C13H19F2NO/c1-4-9(2)16-13(3,8-17)11-6-5-10(14)7-12(11)15/h5-7,9,16-17H,4,8H2,1-3H3. The third kappa shape index (κ3) is 3.23. The summed E-state index contributed by atoms with van der Waals surface area (Å²) in [5.74, 6) is -1.26. The molecule has 0 saturated carbocycles. The second-order valence-corrected chi connectivity index (χ2v) is 4.57. The van der Waals surface area contributed by atoms with E-state index in [0.29, 0.717) is 0 Å². The Bertz CT molecular complexity index is 384. The van der Waals surface area contributed by atoms with Crippen LogP contribution in [0.25, 0.3) is 0 Å². The predicted molar refractivity (Wildman–Crippen MR) is 63.7 cm³/mol. The molecule has 0 aliphatic carbocycles. The Labute approximate surface area is 101 Å². The van der Waals surface area contributed by atoms with Crippen molar-refractivity contribution in [3.8, 4) is 0 Å². The number of aliphatic hydroxyl groups excluding tert-OH is 1. The van der Waals surface area contributed by atoms with Gasteiger partial charge in [-0.05, 0) is 26.3 Å². The van der Waals surface area contributed by atoms with Crippen LogP contribution in [-0.2, 0) is 5.54 Å². The van der Waals surface area contributed by atoms with E-state index in [4.69, 9.17) is 0 Å². The van der Waals surface area contributed by atoms with Crippen molar-refractivity contribution in [2.45, 2.75) is 38.8 Å². The Morgan fingerprint density at radius 3 is 2.53 bits per heavy atom. The molecule has 0 aromatic heterocycles. The highest BCUT2D eigenvalue weighted by Crippen LogP contribution is 2.24. The molecular weight excluding hydrogens is 224 g/mol. The molecule has 2 atom stereocenters. The second kappa shape index (κ2) is 5.56. The monoisotopic (exact) mass is 243 g/mol. The molecule has 0 fully saturated rings. The van der Waals surface area contributed by atoms with E-state index in [1.165, 1.54) is 12.1 Å². The van der Waals surface area contributed by atoms with Crippen molar-refractivity contribution < 1.29 is 13.9 Å². The molecule has 0 aliphatic heterocycles. The Kier molecular flexibility index (Phi) is 4.60. The van der Waals surface area contributed by atoms with Crippen molar-refractivity contribution in [1.82, 2.24) is 5.32 Å². The smallest absolute Gasteiger partial charge is 0.131 e. The summed E-state index contributed by atoms with van der Waals surface area (Å²) in [6.07, 6.45) is 0.860. The molecule has 2 unspecified atom stereocenters. The Morgan fingerprint density at radius 1 is 1.41 bits per heavy atom. The number of halogens is 2. The molecule has 0 radical (unpaired) electrons.